The highest BCUT2D eigenvalue weighted by Gasteiger charge is 2.15. The van der Waals surface area contributed by atoms with Crippen molar-refractivity contribution in [1.29, 1.82) is 11.1 Å². The molecule has 0 spiro atoms. The van der Waals surface area contributed by atoms with Crippen molar-refractivity contribution in [3.05, 3.63) is 96.3 Å². The number of aromatic hydroxyl groups is 2. The van der Waals surface area contributed by atoms with Crippen LogP contribution < -0.4 is 9.47 Å². The molecule has 3 aliphatic rings. The van der Waals surface area contributed by atoms with Crippen LogP contribution in [0.5, 0.6) is 23.0 Å². The molecule has 3 aromatic rings. The first-order valence-electron chi connectivity index (χ1n) is 15.7. The minimum absolute atomic E-state index is 0. The van der Waals surface area contributed by atoms with Crippen LogP contribution in [0.4, 0.5) is 0 Å². The van der Waals surface area contributed by atoms with E-state index in [0.29, 0.717) is 5.75 Å². The molecule has 2 atom stereocenters. The molecular formula is C36H55Cl3N2O8. The number of phenolic OH excluding ortho intramolecular Hbond substituents is 2. The van der Waals surface area contributed by atoms with Crippen molar-refractivity contribution in [2.45, 2.75) is 77.8 Å². The lowest BCUT2D eigenvalue weighted by atomic mass is 10.2. The highest BCUT2D eigenvalue weighted by molar-refractivity contribution is 6.40. The van der Waals surface area contributed by atoms with Crippen molar-refractivity contribution < 1.29 is 40.8 Å². The number of rotatable bonds is 4. The van der Waals surface area contributed by atoms with Crippen LogP contribution in [0.15, 0.2) is 85.1 Å². The van der Waals surface area contributed by atoms with Gasteiger partial charge in [-0.05, 0) is 107 Å². The number of ether oxygens (including phenoxy) is 5. The lowest BCUT2D eigenvalue weighted by molar-refractivity contribution is -0.106. The van der Waals surface area contributed by atoms with Crippen LogP contribution in [0.2, 0.25) is 0 Å². The second kappa shape index (κ2) is 32.0. The van der Waals surface area contributed by atoms with Gasteiger partial charge in [0.1, 0.15) is 23.0 Å². The maximum atomic E-state index is 9.08. The third-order valence-electron chi connectivity index (χ3n) is 6.53. The van der Waals surface area contributed by atoms with E-state index in [4.69, 9.17) is 68.2 Å². The fourth-order valence-electron chi connectivity index (χ4n) is 4.09. The number of phenols is 2. The number of nitrogens with one attached hydrogen (secondary N) is 2. The third-order valence-corrected chi connectivity index (χ3v) is 6.53. The summed E-state index contributed by atoms with van der Waals surface area (Å²) in [6.07, 6.45) is 12.6. The van der Waals surface area contributed by atoms with Crippen LogP contribution in [0.1, 0.15) is 63.9 Å². The third kappa shape index (κ3) is 25.4. The molecule has 13 heteroatoms. The zero-order chi connectivity index (χ0) is 34.5. The Morgan fingerprint density at radius 1 is 0.673 bits per heavy atom. The van der Waals surface area contributed by atoms with E-state index in [9.17, 15) is 0 Å². The number of hydrogen-bond donors (Lipinski definition) is 4. The van der Waals surface area contributed by atoms with Crippen molar-refractivity contribution in [3.8, 4) is 23.0 Å². The molecule has 3 aliphatic heterocycles. The van der Waals surface area contributed by atoms with Gasteiger partial charge in [-0.3, -0.25) is 0 Å². The second-order valence-corrected chi connectivity index (χ2v) is 11.3. The van der Waals surface area contributed by atoms with Gasteiger partial charge in [-0.15, -0.1) is 35.6 Å². The van der Waals surface area contributed by atoms with Crippen LogP contribution >= 0.6 is 35.6 Å². The molecule has 0 aliphatic carbocycles. The summed E-state index contributed by atoms with van der Waals surface area (Å²) in [5.74, 6) is 2.23. The van der Waals surface area contributed by atoms with E-state index >= 15 is 0 Å². The van der Waals surface area contributed by atoms with Gasteiger partial charge in [0.25, 0.3) is 0 Å². The summed E-state index contributed by atoms with van der Waals surface area (Å²) in [7, 11) is 0. The minimum atomic E-state index is -0.117. The molecule has 0 saturated carbocycles. The average Bonchev–Trinajstić information content (AvgIpc) is 3.12. The van der Waals surface area contributed by atoms with Gasteiger partial charge in [-0.1, -0.05) is 35.4 Å². The maximum absolute atomic E-state index is 9.08. The van der Waals surface area contributed by atoms with Gasteiger partial charge in [0.05, 0.1) is 31.4 Å². The van der Waals surface area contributed by atoms with Crippen molar-refractivity contribution in [3.63, 3.8) is 0 Å². The van der Waals surface area contributed by atoms with Gasteiger partial charge in [0.2, 0.25) is 0 Å². The number of aryl methyl sites for hydroxylation is 2. The van der Waals surface area contributed by atoms with Crippen LogP contribution in [0.3, 0.4) is 0 Å². The Bertz CT molecular complexity index is 1090. The predicted molar refractivity (Wildman–Crippen MR) is 200 cm³/mol. The SMILES string of the molecule is C1=COCCC1.Cc1ccc(O)cc1.Cc1ccc(OC2CCCCO2)cc1.Cl.ClCCl.N=N.O.Oc1ccc(OC2CCCCO2)cc1.[HH]. The van der Waals surface area contributed by atoms with Crippen LogP contribution in [-0.4, -0.2) is 53.4 Å². The van der Waals surface area contributed by atoms with Gasteiger partial charge in [-0.25, -0.2) is 11.1 Å². The Balaban J connectivity index is -0.000000575. The maximum Gasteiger partial charge on any atom is 0.199 e. The number of halogens is 3. The molecule has 2 fully saturated rings. The standard InChI is InChI=1S/C12H16O2.C11H14O3.C7H8O.C5H8O.CH2Cl2.ClH.H2N2.H2O.H2/c1-10-5-7-11(8-6-10)14-12-4-2-3-9-13-12;12-9-4-6-10(7-5-9)14-11-3-1-2-8-13-11;1-6-2-4-7(8)5-3-6;1-2-4-6-5-3-1;2-1-3;;1-2;;/h5-8,12H,2-4,9H2,1H3;4-7,11-12H,1-3,8H2;2-5,8H,1H3;2,4H,1,3,5H2;1H2;1H;1-2H;1H2;1H. The topological polar surface area (TPSA) is 166 Å². The molecule has 3 aromatic carbocycles. The van der Waals surface area contributed by atoms with E-state index in [-0.39, 0.29) is 43.0 Å². The summed E-state index contributed by atoms with van der Waals surface area (Å²) in [4.78, 5) is 0. The normalized spacial score (nSPS) is 16.9. The van der Waals surface area contributed by atoms with Gasteiger partial charge in [0.15, 0.2) is 12.6 Å². The molecule has 0 radical (unpaired) electrons. The quantitative estimate of drug-likeness (QED) is 0.152. The fraction of sp³-hybridized carbons (Fsp3) is 0.444. The Labute approximate surface area is 308 Å². The molecule has 2 saturated heterocycles. The van der Waals surface area contributed by atoms with Crippen LogP contribution in [-0.2, 0) is 14.2 Å². The van der Waals surface area contributed by atoms with Crippen molar-refractivity contribution >= 4 is 35.6 Å². The van der Waals surface area contributed by atoms with E-state index in [1.54, 1.807) is 42.7 Å². The molecule has 3 heterocycles. The van der Waals surface area contributed by atoms with Gasteiger partial charge in [-0.2, -0.15) is 0 Å². The molecule has 6 N–H and O–H groups in total. The van der Waals surface area contributed by atoms with Crippen LogP contribution in [0, 0.1) is 24.9 Å². The second-order valence-electron chi connectivity index (χ2n) is 10.5. The van der Waals surface area contributed by atoms with Gasteiger partial charge < -0.3 is 39.4 Å². The van der Waals surface area contributed by atoms with Crippen LogP contribution in [0.25, 0.3) is 0 Å². The van der Waals surface area contributed by atoms with Crippen molar-refractivity contribution in [2.24, 2.45) is 0 Å². The Hall–Kier alpha value is -3.25. The highest BCUT2D eigenvalue weighted by atomic mass is 35.5. The summed E-state index contributed by atoms with van der Waals surface area (Å²) in [6.45, 7) is 6.58. The summed E-state index contributed by atoms with van der Waals surface area (Å²) in [5.41, 5.74) is 12.4. The van der Waals surface area contributed by atoms with Crippen molar-refractivity contribution in [1.82, 2.24) is 0 Å². The zero-order valence-electron chi connectivity index (χ0n) is 28.3. The average molecular weight is 750 g/mol. The summed E-state index contributed by atoms with van der Waals surface area (Å²) in [5, 5.41) is 18.0. The molecule has 6 rings (SSSR count). The first kappa shape index (κ1) is 47.9. The highest BCUT2D eigenvalue weighted by Crippen LogP contribution is 2.21. The number of alkyl halides is 2. The van der Waals surface area contributed by atoms with Gasteiger partial charge >= 0.3 is 0 Å². The number of allylic oxidation sites excluding steroid dienone is 1. The van der Waals surface area contributed by atoms with E-state index < -0.39 is 0 Å². The van der Waals surface area contributed by atoms with E-state index in [1.807, 2.05) is 37.3 Å². The molecular weight excluding hydrogens is 695 g/mol. The van der Waals surface area contributed by atoms with E-state index in [0.717, 1.165) is 63.4 Å². The number of benzene rings is 3. The molecule has 2 unspecified atom stereocenters. The first-order chi connectivity index (χ1) is 22.9. The van der Waals surface area contributed by atoms with Crippen molar-refractivity contribution in [2.75, 3.05) is 25.2 Å². The zero-order valence-corrected chi connectivity index (χ0v) is 30.7. The molecule has 49 heavy (non-hydrogen) atoms. The Morgan fingerprint density at radius 2 is 1.06 bits per heavy atom. The Morgan fingerprint density at radius 3 is 1.35 bits per heavy atom. The molecule has 278 valence electrons. The lowest BCUT2D eigenvalue weighted by Gasteiger charge is -2.23. The van der Waals surface area contributed by atoms with E-state index in [2.05, 4.69) is 19.1 Å². The molecule has 0 bridgehead atoms. The first-order valence-corrected chi connectivity index (χ1v) is 16.8. The minimum Gasteiger partial charge on any atom is -0.508 e. The predicted octanol–water partition coefficient (Wildman–Crippen LogP) is 10.1. The smallest absolute Gasteiger partial charge is 0.199 e. The summed E-state index contributed by atoms with van der Waals surface area (Å²) in [6, 6.07) is 21.9. The molecule has 10 nitrogen and oxygen atoms in total. The summed E-state index contributed by atoms with van der Waals surface area (Å²) >= 11 is 9.53. The monoisotopic (exact) mass is 748 g/mol. The lowest BCUT2D eigenvalue weighted by Crippen LogP contribution is -2.24. The Kier molecular flexibility index (Phi) is 31.2. The molecule has 0 aromatic heterocycles. The fourth-order valence-corrected chi connectivity index (χ4v) is 4.09. The van der Waals surface area contributed by atoms with Gasteiger partial charge in [0, 0.05) is 14.3 Å². The summed E-state index contributed by atoms with van der Waals surface area (Å²) < 4.78 is 27.1. The van der Waals surface area contributed by atoms with E-state index in [1.165, 1.54) is 30.4 Å². The molecule has 0 amide bonds. The largest absolute Gasteiger partial charge is 0.508 e. The number of hydrogen-bond acceptors (Lipinski definition) is 9.